The van der Waals surface area contributed by atoms with E-state index in [0.717, 1.165) is 29.7 Å². The van der Waals surface area contributed by atoms with Crippen LogP contribution in [0.4, 0.5) is 0 Å². The number of nitrogens with two attached hydrogens (primary N) is 1. The molecule has 3 nitrogen and oxygen atoms in total. The number of pyridine rings is 1. The predicted molar refractivity (Wildman–Crippen MR) is 81.9 cm³/mol. The maximum atomic E-state index is 6.39. The molecule has 0 spiro atoms. The van der Waals surface area contributed by atoms with Gasteiger partial charge < -0.3 is 10.5 Å². The summed E-state index contributed by atoms with van der Waals surface area (Å²) in [6, 6.07) is 10.1. The van der Waals surface area contributed by atoms with E-state index in [0.29, 0.717) is 6.61 Å². The molecule has 2 N–H and O–H groups in total. The standard InChI is InChI=1S/C17H22N2O/c1-3-9-20-15-10-14(11-19-12-15)17(18)16-8-6-5-7-13(16)4-2/h5-8,10-12,17H,3-4,9,18H2,1-2H3. The Morgan fingerprint density at radius 1 is 1.20 bits per heavy atom. The number of aryl methyl sites for hydroxylation is 1. The van der Waals surface area contributed by atoms with E-state index in [1.165, 1.54) is 5.56 Å². The van der Waals surface area contributed by atoms with Crippen molar-refractivity contribution >= 4 is 0 Å². The third-order valence-corrected chi connectivity index (χ3v) is 3.34. The van der Waals surface area contributed by atoms with Crippen molar-refractivity contribution in [2.75, 3.05) is 6.61 Å². The summed E-state index contributed by atoms with van der Waals surface area (Å²) in [4.78, 5) is 4.23. The summed E-state index contributed by atoms with van der Waals surface area (Å²) < 4.78 is 5.62. The van der Waals surface area contributed by atoms with Gasteiger partial charge in [0.25, 0.3) is 0 Å². The summed E-state index contributed by atoms with van der Waals surface area (Å²) in [5, 5.41) is 0. The number of hydrogen-bond acceptors (Lipinski definition) is 3. The molecular weight excluding hydrogens is 248 g/mol. The molecule has 2 rings (SSSR count). The summed E-state index contributed by atoms with van der Waals surface area (Å²) in [6.07, 6.45) is 5.51. The smallest absolute Gasteiger partial charge is 0.137 e. The van der Waals surface area contributed by atoms with Crippen molar-refractivity contribution in [1.29, 1.82) is 0 Å². The molecular formula is C17H22N2O. The fourth-order valence-corrected chi connectivity index (χ4v) is 2.24. The molecule has 0 aliphatic carbocycles. The van der Waals surface area contributed by atoms with Gasteiger partial charge >= 0.3 is 0 Å². The van der Waals surface area contributed by atoms with Crippen LogP contribution in [0.5, 0.6) is 5.75 Å². The van der Waals surface area contributed by atoms with E-state index in [4.69, 9.17) is 10.5 Å². The van der Waals surface area contributed by atoms with Gasteiger partial charge in [-0.25, -0.2) is 0 Å². The molecule has 1 aromatic heterocycles. The van der Waals surface area contributed by atoms with Gasteiger partial charge in [-0.3, -0.25) is 4.98 Å². The second-order valence-corrected chi connectivity index (χ2v) is 4.83. The van der Waals surface area contributed by atoms with E-state index in [2.05, 4.69) is 31.0 Å². The molecule has 0 aliphatic heterocycles. The zero-order chi connectivity index (χ0) is 14.4. The van der Waals surface area contributed by atoms with Gasteiger partial charge in [-0.1, -0.05) is 38.1 Å². The Morgan fingerprint density at radius 2 is 2.00 bits per heavy atom. The molecule has 0 fully saturated rings. The summed E-state index contributed by atoms with van der Waals surface area (Å²) in [7, 11) is 0. The van der Waals surface area contributed by atoms with Crippen LogP contribution in [0.25, 0.3) is 0 Å². The van der Waals surface area contributed by atoms with Crippen LogP contribution in [0.3, 0.4) is 0 Å². The number of rotatable bonds is 6. The first-order valence-corrected chi connectivity index (χ1v) is 7.17. The molecule has 0 radical (unpaired) electrons. The Hall–Kier alpha value is -1.87. The molecule has 1 heterocycles. The highest BCUT2D eigenvalue weighted by atomic mass is 16.5. The van der Waals surface area contributed by atoms with Crippen LogP contribution in [0, 0.1) is 0 Å². The van der Waals surface area contributed by atoms with Crippen molar-refractivity contribution in [3.05, 3.63) is 59.4 Å². The Morgan fingerprint density at radius 3 is 2.75 bits per heavy atom. The summed E-state index contributed by atoms with van der Waals surface area (Å²) in [5.41, 5.74) is 9.81. The average Bonchev–Trinajstić information content (AvgIpc) is 2.52. The van der Waals surface area contributed by atoms with Gasteiger partial charge in [0.05, 0.1) is 18.8 Å². The Labute approximate surface area is 120 Å². The van der Waals surface area contributed by atoms with Crippen LogP contribution in [0.15, 0.2) is 42.7 Å². The normalized spacial score (nSPS) is 12.2. The predicted octanol–water partition coefficient (Wildman–Crippen LogP) is 3.48. The van der Waals surface area contributed by atoms with Crippen LogP contribution in [0.1, 0.15) is 43.0 Å². The lowest BCUT2D eigenvalue weighted by molar-refractivity contribution is 0.315. The molecule has 20 heavy (non-hydrogen) atoms. The van der Waals surface area contributed by atoms with Crippen LogP contribution >= 0.6 is 0 Å². The summed E-state index contributed by atoms with van der Waals surface area (Å²) in [5.74, 6) is 0.786. The zero-order valence-corrected chi connectivity index (χ0v) is 12.2. The quantitative estimate of drug-likeness (QED) is 0.874. The lowest BCUT2D eigenvalue weighted by Crippen LogP contribution is -2.14. The molecule has 3 heteroatoms. The van der Waals surface area contributed by atoms with E-state index in [1.54, 1.807) is 6.20 Å². The van der Waals surface area contributed by atoms with Crippen LogP contribution in [0.2, 0.25) is 0 Å². The fraction of sp³-hybridized carbons (Fsp3) is 0.353. The van der Waals surface area contributed by atoms with Crippen molar-refractivity contribution in [2.24, 2.45) is 5.73 Å². The van der Waals surface area contributed by atoms with Gasteiger partial charge in [-0.15, -0.1) is 0 Å². The van der Waals surface area contributed by atoms with E-state index >= 15 is 0 Å². The van der Waals surface area contributed by atoms with Gasteiger partial charge in [0.1, 0.15) is 5.75 Å². The number of benzene rings is 1. The van der Waals surface area contributed by atoms with Crippen molar-refractivity contribution < 1.29 is 4.74 Å². The second kappa shape index (κ2) is 7.06. The van der Waals surface area contributed by atoms with Crippen LogP contribution < -0.4 is 10.5 Å². The number of ether oxygens (including phenoxy) is 1. The Kier molecular flexibility index (Phi) is 5.13. The second-order valence-electron chi connectivity index (χ2n) is 4.83. The largest absolute Gasteiger partial charge is 0.492 e. The van der Waals surface area contributed by atoms with Gasteiger partial charge in [0, 0.05) is 6.20 Å². The molecule has 0 amide bonds. The van der Waals surface area contributed by atoms with E-state index in [9.17, 15) is 0 Å². The van der Waals surface area contributed by atoms with Crippen molar-refractivity contribution in [3.63, 3.8) is 0 Å². The monoisotopic (exact) mass is 270 g/mol. The maximum Gasteiger partial charge on any atom is 0.137 e. The maximum absolute atomic E-state index is 6.39. The van der Waals surface area contributed by atoms with Crippen LogP contribution in [-0.2, 0) is 6.42 Å². The first kappa shape index (κ1) is 14.5. The molecule has 1 aromatic carbocycles. The van der Waals surface area contributed by atoms with E-state index < -0.39 is 0 Å². The summed E-state index contributed by atoms with van der Waals surface area (Å²) in [6.45, 7) is 4.93. The first-order chi connectivity index (χ1) is 9.76. The number of nitrogens with zero attached hydrogens (tertiary/aromatic N) is 1. The molecule has 1 atom stereocenters. The minimum Gasteiger partial charge on any atom is -0.492 e. The van der Waals surface area contributed by atoms with Gasteiger partial charge in [-0.05, 0) is 35.6 Å². The minimum absolute atomic E-state index is 0.163. The first-order valence-electron chi connectivity index (χ1n) is 7.17. The molecule has 2 aromatic rings. The Balaban J connectivity index is 2.26. The lowest BCUT2D eigenvalue weighted by Gasteiger charge is -2.16. The van der Waals surface area contributed by atoms with Gasteiger partial charge in [0.15, 0.2) is 0 Å². The Bertz CT molecular complexity index is 554. The van der Waals surface area contributed by atoms with Gasteiger partial charge in [-0.2, -0.15) is 0 Å². The average molecular weight is 270 g/mol. The molecule has 0 bridgehead atoms. The van der Waals surface area contributed by atoms with Crippen molar-refractivity contribution in [3.8, 4) is 5.75 Å². The van der Waals surface area contributed by atoms with E-state index in [-0.39, 0.29) is 6.04 Å². The molecule has 0 saturated heterocycles. The number of hydrogen-bond donors (Lipinski definition) is 1. The SMILES string of the molecule is CCCOc1cncc(C(N)c2ccccc2CC)c1. The van der Waals surface area contributed by atoms with Crippen molar-refractivity contribution in [2.45, 2.75) is 32.7 Å². The lowest BCUT2D eigenvalue weighted by atomic mass is 9.95. The highest BCUT2D eigenvalue weighted by Crippen LogP contribution is 2.25. The zero-order valence-electron chi connectivity index (χ0n) is 12.2. The molecule has 106 valence electrons. The van der Waals surface area contributed by atoms with Crippen LogP contribution in [-0.4, -0.2) is 11.6 Å². The van der Waals surface area contributed by atoms with E-state index in [1.807, 2.05) is 24.4 Å². The topological polar surface area (TPSA) is 48.1 Å². The fourth-order valence-electron chi connectivity index (χ4n) is 2.24. The molecule has 1 unspecified atom stereocenters. The highest BCUT2D eigenvalue weighted by Gasteiger charge is 2.13. The minimum atomic E-state index is -0.163. The number of aromatic nitrogens is 1. The molecule has 0 aliphatic rings. The summed E-state index contributed by atoms with van der Waals surface area (Å²) >= 11 is 0. The third kappa shape index (κ3) is 3.36. The highest BCUT2D eigenvalue weighted by molar-refractivity contribution is 5.38. The van der Waals surface area contributed by atoms with Gasteiger partial charge in [0.2, 0.25) is 0 Å². The molecule has 0 saturated carbocycles. The third-order valence-electron chi connectivity index (χ3n) is 3.34. The van der Waals surface area contributed by atoms with Crippen molar-refractivity contribution in [1.82, 2.24) is 4.98 Å².